The second kappa shape index (κ2) is 9.53. The van der Waals surface area contributed by atoms with Gasteiger partial charge < -0.3 is 29.4 Å². The molecule has 0 bridgehead atoms. The van der Waals surface area contributed by atoms with Crippen molar-refractivity contribution >= 4 is 38.7 Å². The van der Waals surface area contributed by atoms with Crippen LogP contribution >= 0.6 is 22.8 Å². The van der Waals surface area contributed by atoms with Gasteiger partial charge in [0.1, 0.15) is 0 Å². The minimum absolute atomic E-state index is 0.130. The van der Waals surface area contributed by atoms with E-state index in [-0.39, 0.29) is 33.4 Å². The van der Waals surface area contributed by atoms with Crippen molar-refractivity contribution in [3.8, 4) is 34.2 Å². The summed E-state index contributed by atoms with van der Waals surface area (Å²) < 4.78 is 34.5. The van der Waals surface area contributed by atoms with Gasteiger partial charge in [0.15, 0.2) is 17.5 Å². The van der Waals surface area contributed by atoms with Crippen molar-refractivity contribution in [3.63, 3.8) is 0 Å². The first-order valence-electron chi connectivity index (χ1n) is 9.97. The minimum atomic E-state index is -4.46. The zero-order valence-electron chi connectivity index (χ0n) is 18.0. The summed E-state index contributed by atoms with van der Waals surface area (Å²) >= 11 is 0. The maximum Gasteiger partial charge on any atom is 0.356 e. The van der Waals surface area contributed by atoms with Crippen LogP contribution in [0.2, 0.25) is 0 Å². The Bertz CT molecular complexity index is 1360. The van der Waals surface area contributed by atoms with E-state index < -0.39 is 22.8 Å². The van der Waals surface area contributed by atoms with E-state index in [2.05, 4.69) is 15.0 Å². The first-order valence-corrected chi connectivity index (χ1v) is 14.8. The van der Waals surface area contributed by atoms with E-state index in [0.29, 0.717) is 16.7 Å². The fraction of sp³-hybridized carbons (Fsp3) is 0. The topological polar surface area (TPSA) is 211 Å². The Balaban J connectivity index is 1.85. The van der Waals surface area contributed by atoms with E-state index in [4.69, 9.17) is 0 Å². The molecule has 0 saturated heterocycles. The number of hydrogen-bond acceptors (Lipinski definition) is 6. The molecule has 3 aromatic carbocycles. The van der Waals surface area contributed by atoms with Crippen LogP contribution in [0.25, 0.3) is 34.2 Å². The number of nitrogens with zero attached hydrogens (tertiary/aromatic N) is 3. The molecule has 0 spiro atoms. The summed E-state index contributed by atoms with van der Waals surface area (Å²) in [4.78, 5) is 69.3. The SMILES string of the molecule is O=P(O)(O)c1ccc(-c2nc(-c3ccc(P(=O)(O)O)cc3)nc(-c3ccc(P(=O)(O)O)cc3)n2)cc1. The first-order chi connectivity index (χ1) is 16.7. The Morgan fingerprint density at radius 3 is 0.750 bits per heavy atom. The van der Waals surface area contributed by atoms with E-state index in [1.54, 1.807) is 0 Å². The lowest BCUT2D eigenvalue weighted by atomic mass is 10.1. The highest BCUT2D eigenvalue weighted by molar-refractivity contribution is 7.60. The van der Waals surface area contributed by atoms with Gasteiger partial charge in [0.05, 0.1) is 15.9 Å². The van der Waals surface area contributed by atoms with Crippen LogP contribution in [0, 0.1) is 0 Å². The van der Waals surface area contributed by atoms with Crippen molar-refractivity contribution in [3.05, 3.63) is 72.8 Å². The third kappa shape index (κ3) is 5.91. The molecule has 0 radical (unpaired) electrons. The molecular formula is C21H18N3O9P3. The largest absolute Gasteiger partial charge is 0.356 e. The van der Waals surface area contributed by atoms with Crippen LogP contribution < -0.4 is 15.9 Å². The lowest BCUT2D eigenvalue weighted by molar-refractivity contribution is 0.385. The Kier molecular flexibility index (Phi) is 6.94. The van der Waals surface area contributed by atoms with Crippen LogP contribution in [0.3, 0.4) is 0 Å². The van der Waals surface area contributed by atoms with Gasteiger partial charge in [-0.15, -0.1) is 0 Å². The van der Waals surface area contributed by atoms with Gasteiger partial charge in [-0.2, -0.15) is 0 Å². The van der Waals surface area contributed by atoms with Crippen molar-refractivity contribution in [2.75, 3.05) is 0 Å². The zero-order chi connectivity index (χ0) is 26.3. The molecule has 0 aliphatic heterocycles. The van der Waals surface area contributed by atoms with Gasteiger partial charge in [0.25, 0.3) is 0 Å². The lowest BCUT2D eigenvalue weighted by Crippen LogP contribution is -2.06. The molecule has 15 heteroatoms. The lowest BCUT2D eigenvalue weighted by Gasteiger charge is -2.10. The second-order valence-electron chi connectivity index (χ2n) is 7.58. The molecule has 0 fully saturated rings. The molecule has 0 amide bonds. The zero-order valence-corrected chi connectivity index (χ0v) is 20.7. The summed E-state index contributed by atoms with van der Waals surface area (Å²) in [5.74, 6) is 0.390. The maximum absolute atomic E-state index is 11.5. The quantitative estimate of drug-likeness (QED) is 0.188. The molecule has 6 N–H and O–H groups in total. The van der Waals surface area contributed by atoms with Gasteiger partial charge in [0, 0.05) is 16.7 Å². The minimum Gasteiger partial charge on any atom is -0.321 e. The van der Waals surface area contributed by atoms with Gasteiger partial charge in [-0.25, -0.2) is 15.0 Å². The summed E-state index contributed by atoms with van der Waals surface area (Å²) in [7, 11) is -13.4. The predicted molar refractivity (Wildman–Crippen MR) is 131 cm³/mol. The fourth-order valence-corrected chi connectivity index (χ4v) is 4.79. The molecule has 4 rings (SSSR count). The van der Waals surface area contributed by atoms with Crippen LogP contribution in [-0.4, -0.2) is 44.3 Å². The van der Waals surface area contributed by atoms with E-state index in [1.165, 1.54) is 72.8 Å². The summed E-state index contributed by atoms with van der Waals surface area (Å²) in [5, 5.41) is -0.578. The molecule has 0 atom stereocenters. The summed E-state index contributed by atoms with van der Waals surface area (Å²) in [6.45, 7) is 0. The molecule has 0 aliphatic carbocycles. The van der Waals surface area contributed by atoms with Gasteiger partial charge in [-0.05, 0) is 36.4 Å². The molecule has 186 valence electrons. The van der Waals surface area contributed by atoms with E-state index in [0.717, 1.165) is 0 Å². The fourth-order valence-electron chi connectivity index (χ4n) is 3.18. The van der Waals surface area contributed by atoms with Crippen molar-refractivity contribution in [1.29, 1.82) is 0 Å². The van der Waals surface area contributed by atoms with Gasteiger partial charge in [-0.1, -0.05) is 36.4 Å². The predicted octanol–water partition coefficient (Wildman–Crippen LogP) is 1.28. The van der Waals surface area contributed by atoms with Crippen molar-refractivity contribution in [2.24, 2.45) is 0 Å². The smallest absolute Gasteiger partial charge is 0.321 e. The number of hydrogen-bond donors (Lipinski definition) is 6. The van der Waals surface area contributed by atoms with Crippen LogP contribution in [0.15, 0.2) is 72.8 Å². The Labute approximate surface area is 203 Å². The Morgan fingerprint density at radius 1 is 0.389 bits per heavy atom. The van der Waals surface area contributed by atoms with Crippen molar-refractivity contribution < 1.29 is 43.1 Å². The van der Waals surface area contributed by atoms with E-state index in [1.807, 2.05) is 0 Å². The summed E-state index contributed by atoms with van der Waals surface area (Å²) in [6, 6.07) is 16.0. The van der Waals surface area contributed by atoms with Crippen LogP contribution in [0.5, 0.6) is 0 Å². The molecule has 1 heterocycles. The standard InChI is InChI=1S/C21H18N3O9P3/c25-34(26,27)16-7-1-13(2-8-16)19-22-20(14-3-9-17(10-4-14)35(28,29)30)24-21(23-19)15-5-11-18(12-6-15)36(31,32)33/h1-12H,(H2,25,26,27)(H2,28,29,30)(H2,31,32,33). The monoisotopic (exact) mass is 549 g/mol. The molecule has 0 aliphatic rings. The molecular weight excluding hydrogens is 531 g/mol. The molecule has 0 unspecified atom stereocenters. The molecule has 36 heavy (non-hydrogen) atoms. The van der Waals surface area contributed by atoms with E-state index >= 15 is 0 Å². The highest BCUT2D eigenvalue weighted by Gasteiger charge is 2.20. The number of benzene rings is 3. The maximum atomic E-state index is 11.5. The highest BCUT2D eigenvalue weighted by atomic mass is 31.2. The third-order valence-corrected chi connectivity index (χ3v) is 7.93. The second-order valence-corrected chi connectivity index (χ2v) is 12.4. The van der Waals surface area contributed by atoms with Crippen LogP contribution in [0.4, 0.5) is 0 Å². The first kappa shape index (κ1) is 26.2. The molecule has 0 saturated carbocycles. The number of aromatic nitrogens is 3. The summed E-state index contributed by atoms with van der Waals surface area (Å²) in [5.41, 5.74) is 1.20. The van der Waals surface area contributed by atoms with Crippen LogP contribution in [0.1, 0.15) is 0 Å². The highest BCUT2D eigenvalue weighted by Crippen LogP contribution is 2.36. The Morgan fingerprint density at radius 2 is 0.583 bits per heavy atom. The normalized spacial score (nSPS) is 12.5. The van der Waals surface area contributed by atoms with Gasteiger partial charge in [-0.3, -0.25) is 13.7 Å². The van der Waals surface area contributed by atoms with Gasteiger partial charge >= 0.3 is 22.8 Å². The molecule has 4 aromatic rings. The third-order valence-electron chi connectivity index (χ3n) is 5.02. The van der Waals surface area contributed by atoms with Crippen molar-refractivity contribution in [2.45, 2.75) is 0 Å². The van der Waals surface area contributed by atoms with E-state index in [9.17, 15) is 43.1 Å². The Hall–Kier alpha value is -2.88. The number of rotatable bonds is 6. The summed E-state index contributed by atoms with van der Waals surface area (Å²) in [6.07, 6.45) is 0. The molecule has 1 aromatic heterocycles. The average molecular weight is 549 g/mol. The molecule has 12 nitrogen and oxygen atoms in total. The average Bonchev–Trinajstić information content (AvgIpc) is 2.82. The van der Waals surface area contributed by atoms with Crippen molar-refractivity contribution in [1.82, 2.24) is 15.0 Å². The van der Waals surface area contributed by atoms with Crippen LogP contribution in [-0.2, 0) is 13.7 Å². The van der Waals surface area contributed by atoms with Gasteiger partial charge in [0.2, 0.25) is 0 Å².